The summed E-state index contributed by atoms with van der Waals surface area (Å²) in [5.74, 6) is 27.0. The molecule has 0 spiro atoms. The van der Waals surface area contributed by atoms with Crippen LogP contribution in [0.2, 0.25) is 69.1 Å². The molecule has 0 rings (SSSR count). The van der Waals surface area contributed by atoms with Crippen molar-refractivity contribution in [3.8, 4) is 0 Å². The molecule has 0 aromatic carbocycles. The first-order valence-corrected chi connectivity index (χ1v) is 31.2. The summed E-state index contributed by atoms with van der Waals surface area (Å²) in [6, 6.07) is 0. The van der Waals surface area contributed by atoms with Crippen LogP contribution < -0.4 is 0 Å². The van der Waals surface area contributed by atoms with E-state index >= 15 is 0 Å². The van der Waals surface area contributed by atoms with E-state index in [1.165, 1.54) is 0 Å². The van der Waals surface area contributed by atoms with Gasteiger partial charge >= 0.3 is 162 Å². The second-order valence-electron chi connectivity index (χ2n) is 3.00. The van der Waals surface area contributed by atoms with Gasteiger partial charge in [-0.25, -0.2) is 0 Å². The molecule has 0 saturated heterocycles. The van der Waals surface area contributed by atoms with E-state index in [1.807, 2.05) is 0 Å². The molecule has 6 heteroatoms. The van der Waals surface area contributed by atoms with Gasteiger partial charge < -0.3 is 0 Å². The Labute approximate surface area is 159 Å². The Balaban J connectivity index is -0.0000000240. The van der Waals surface area contributed by atoms with E-state index in [9.17, 15) is 0 Å². The van der Waals surface area contributed by atoms with Crippen LogP contribution in [0.3, 0.4) is 0 Å². The van der Waals surface area contributed by atoms with Crippen molar-refractivity contribution in [2.45, 2.75) is 69.1 Å². The van der Waals surface area contributed by atoms with Gasteiger partial charge in [-0.2, -0.15) is 0 Å². The quantitative estimate of drug-likeness (QED) is 0.346. The SMILES string of the molecule is [CH3][Ge][CH3].[CH3][Ge][CH3].[CH3][Ge][CH3].[CH3][Ge][CH3].[CH3][Ge][CH3].[CH3][Ge][CH3]. The van der Waals surface area contributed by atoms with E-state index in [1.54, 1.807) is 0 Å². The fourth-order valence-corrected chi connectivity index (χ4v) is 0. The van der Waals surface area contributed by atoms with Crippen molar-refractivity contribution in [1.82, 2.24) is 0 Å². The summed E-state index contributed by atoms with van der Waals surface area (Å²) in [7, 11) is 0. The molecule has 0 unspecified atom stereocenters. The Morgan fingerprint density at radius 2 is 0.222 bits per heavy atom. The second kappa shape index (κ2) is 87.7. The first kappa shape index (κ1) is 37.5. The summed E-state index contributed by atoms with van der Waals surface area (Å²) in [5, 5.41) is 0. The molecule has 12 radical (unpaired) electrons. The van der Waals surface area contributed by atoms with Crippen LogP contribution in [0.15, 0.2) is 0 Å². The molecule has 0 fully saturated rings. The van der Waals surface area contributed by atoms with Crippen LogP contribution in [0.1, 0.15) is 0 Å². The Hall–Kier alpha value is 3.26. The topological polar surface area (TPSA) is 0 Å². The van der Waals surface area contributed by atoms with Gasteiger partial charge in [-0.3, -0.25) is 0 Å². The molecule has 0 aliphatic rings. The molecule has 0 aliphatic carbocycles. The molecule has 0 N–H and O–H groups in total. The molecule has 0 saturated carbocycles. The number of rotatable bonds is 0. The molecule has 0 bridgehead atoms. The molecule has 0 nitrogen and oxygen atoms in total. The summed E-state index contributed by atoms with van der Waals surface area (Å²) in [5.41, 5.74) is 0. The van der Waals surface area contributed by atoms with E-state index in [0.29, 0.717) is 92.6 Å². The maximum atomic E-state index is 2.25. The average molecular weight is 616 g/mol. The minimum atomic E-state index is 0.500. The number of hydrogen-bond acceptors (Lipinski definition) is 0. The first-order chi connectivity index (χ1) is 8.49. The van der Waals surface area contributed by atoms with Crippen LogP contribution in [0, 0.1) is 0 Å². The molecule has 0 heterocycles. The summed E-state index contributed by atoms with van der Waals surface area (Å²) < 4.78 is 0. The van der Waals surface area contributed by atoms with Crippen LogP contribution >= 0.6 is 0 Å². The van der Waals surface area contributed by atoms with Crippen LogP contribution in [0.25, 0.3) is 0 Å². The van der Waals surface area contributed by atoms with E-state index < -0.39 is 0 Å². The van der Waals surface area contributed by atoms with Crippen molar-refractivity contribution in [2.24, 2.45) is 0 Å². The fraction of sp³-hybridized carbons (Fsp3) is 1.00. The summed E-state index contributed by atoms with van der Waals surface area (Å²) >= 11 is 3.00. The van der Waals surface area contributed by atoms with Gasteiger partial charge in [-0.15, -0.1) is 0 Å². The van der Waals surface area contributed by atoms with Gasteiger partial charge in [0, 0.05) is 0 Å². The van der Waals surface area contributed by atoms with Crippen LogP contribution in [0.4, 0.5) is 0 Å². The standard InChI is InChI=1S/6C2H6Ge/c6*1-3-2/h6*1-2H3. The van der Waals surface area contributed by atoms with Crippen LogP contribution in [0.5, 0.6) is 0 Å². The zero-order chi connectivity index (χ0) is 16.2. The van der Waals surface area contributed by atoms with E-state index in [4.69, 9.17) is 0 Å². The molecular formula is C12H36Ge6. The third kappa shape index (κ3) is 605. The minimum absolute atomic E-state index is 0.500. The molecule has 0 aliphatic heterocycles. The predicted octanol–water partition coefficient (Wildman–Crippen LogP) is 4.72. The summed E-state index contributed by atoms with van der Waals surface area (Å²) in [4.78, 5) is 0. The van der Waals surface area contributed by atoms with E-state index in [0.717, 1.165) is 0 Å². The molecule has 0 aromatic rings. The summed E-state index contributed by atoms with van der Waals surface area (Å²) in [6.07, 6.45) is 0. The normalized spacial score (nSPS) is 6.00. The fourth-order valence-electron chi connectivity index (χ4n) is 0. The van der Waals surface area contributed by atoms with Crippen LogP contribution in [-0.4, -0.2) is 92.6 Å². The van der Waals surface area contributed by atoms with Gasteiger partial charge in [-0.05, 0) is 0 Å². The average Bonchev–Trinajstić information content (AvgIpc) is 2.23. The zero-order valence-electron chi connectivity index (χ0n) is 15.0. The van der Waals surface area contributed by atoms with Crippen LogP contribution in [-0.2, 0) is 0 Å². The Morgan fingerprint density at radius 3 is 0.222 bits per heavy atom. The first-order valence-electron chi connectivity index (χ1n) is 6.00. The zero-order valence-corrected chi connectivity index (χ0v) is 27.6. The van der Waals surface area contributed by atoms with E-state index in [2.05, 4.69) is 69.1 Å². The monoisotopic (exact) mass is 624 g/mol. The maximum absolute atomic E-state index is 2.25. The van der Waals surface area contributed by atoms with Gasteiger partial charge in [0.1, 0.15) is 0 Å². The van der Waals surface area contributed by atoms with Crippen molar-refractivity contribution < 1.29 is 0 Å². The van der Waals surface area contributed by atoms with Crippen molar-refractivity contribution in [3.05, 3.63) is 0 Å². The second-order valence-corrected chi connectivity index (χ2v) is 15.6. The van der Waals surface area contributed by atoms with E-state index in [-0.39, 0.29) is 0 Å². The third-order valence-electron chi connectivity index (χ3n) is 0. The molecule has 108 valence electrons. The number of hydrogen-bond donors (Lipinski definition) is 0. The van der Waals surface area contributed by atoms with Gasteiger partial charge in [0.25, 0.3) is 0 Å². The Kier molecular flexibility index (Phi) is 182. The van der Waals surface area contributed by atoms with Crippen molar-refractivity contribution in [1.29, 1.82) is 0 Å². The molecule has 0 atom stereocenters. The van der Waals surface area contributed by atoms with Crippen molar-refractivity contribution in [3.63, 3.8) is 0 Å². The van der Waals surface area contributed by atoms with Crippen molar-refractivity contribution in [2.75, 3.05) is 0 Å². The van der Waals surface area contributed by atoms with Gasteiger partial charge in [0.05, 0.1) is 0 Å². The molecular weight excluding hydrogens is 580 g/mol. The Morgan fingerprint density at radius 1 is 0.222 bits per heavy atom. The van der Waals surface area contributed by atoms with Gasteiger partial charge in [0.2, 0.25) is 0 Å². The summed E-state index contributed by atoms with van der Waals surface area (Å²) in [6.45, 7) is 0. The Bertz CT molecular complexity index is 32.0. The predicted molar refractivity (Wildman–Crippen MR) is 105 cm³/mol. The molecule has 18 heavy (non-hydrogen) atoms. The van der Waals surface area contributed by atoms with Crippen molar-refractivity contribution >= 4 is 92.6 Å². The molecule has 0 aromatic heterocycles. The molecule has 0 amide bonds. The van der Waals surface area contributed by atoms with Gasteiger partial charge in [-0.1, -0.05) is 0 Å². The third-order valence-corrected chi connectivity index (χ3v) is 0. The van der Waals surface area contributed by atoms with Gasteiger partial charge in [0.15, 0.2) is 0 Å².